The van der Waals surface area contributed by atoms with E-state index in [9.17, 15) is 9.59 Å². The van der Waals surface area contributed by atoms with Gasteiger partial charge in [0.25, 0.3) is 0 Å². The van der Waals surface area contributed by atoms with E-state index in [1.807, 2.05) is 10.9 Å². The van der Waals surface area contributed by atoms with Crippen molar-refractivity contribution >= 4 is 29.5 Å². The number of aliphatic carboxylic acids is 1. The highest BCUT2D eigenvalue weighted by Crippen LogP contribution is 2.20. The molecule has 1 saturated carbocycles. The minimum Gasteiger partial charge on any atom is -0.481 e. The van der Waals surface area contributed by atoms with Crippen molar-refractivity contribution in [2.24, 2.45) is 0 Å². The van der Waals surface area contributed by atoms with Crippen molar-refractivity contribution in [1.29, 1.82) is 0 Å². The highest BCUT2D eigenvalue weighted by molar-refractivity contribution is 5.77. The molecule has 0 radical (unpaired) electrons. The zero-order valence-corrected chi connectivity index (χ0v) is 25.3. The number of nitrogen functional groups attached to an aromatic ring is 1. The van der Waals surface area contributed by atoms with E-state index in [0.717, 1.165) is 63.7 Å². The first kappa shape index (κ1) is 32.4. The van der Waals surface area contributed by atoms with E-state index in [-0.39, 0.29) is 18.7 Å². The third-order valence-corrected chi connectivity index (χ3v) is 8.01. The molecule has 0 bridgehead atoms. The van der Waals surface area contributed by atoms with Crippen LogP contribution >= 0.6 is 0 Å². The summed E-state index contributed by atoms with van der Waals surface area (Å²) in [5, 5.41) is 27.8. The molecule has 4 rings (SSSR count). The number of carbonyl (C=O) groups is 2. The second kappa shape index (κ2) is 17.6. The van der Waals surface area contributed by atoms with Gasteiger partial charge in [-0.3, -0.25) is 14.3 Å². The molecule has 0 spiro atoms. The van der Waals surface area contributed by atoms with Crippen LogP contribution in [0.25, 0.3) is 0 Å². The zero-order chi connectivity index (χ0) is 30.3. The number of carboxylic acid groups (broad SMARTS) is 1. The van der Waals surface area contributed by atoms with Gasteiger partial charge in [-0.2, -0.15) is 9.97 Å². The van der Waals surface area contributed by atoms with E-state index in [4.69, 9.17) is 10.8 Å². The van der Waals surface area contributed by atoms with Crippen LogP contribution in [0.3, 0.4) is 0 Å². The smallest absolute Gasteiger partial charge is 0.303 e. The molecule has 0 aromatic carbocycles. The summed E-state index contributed by atoms with van der Waals surface area (Å²) < 4.78 is 1.86. The van der Waals surface area contributed by atoms with Crippen molar-refractivity contribution in [3.63, 3.8) is 0 Å². The van der Waals surface area contributed by atoms with Gasteiger partial charge in [-0.1, -0.05) is 24.5 Å². The minimum absolute atomic E-state index is 0.00503. The van der Waals surface area contributed by atoms with Crippen LogP contribution in [-0.4, -0.2) is 98.7 Å². The Balaban J connectivity index is 1.14. The van der Waals surface area contributed by atoms with Gasteiger partial charge in [-0.15, -0.1) is 5.10 Å². The molecule has 1 amide bonds. The zero-order valence-electron chi connectivity index (χ0n) is 25.3. The molecule has 2 aromatic heterocycles. The summed E-state index contributed by atoms with van der Waals surface area (Å²) in [5.74, 6) is 0.597. The molecule has 3 heterocycles. The summed E-state index contributed by atoms with van der Waals surface area (Å²) in [6, 6.07) is 2.47. The first-order valence-electron chi connectivity index (χ1n) is 15.9. The van der Waals surface area contributed by atoms with Crippen molar-refractivity contribution in [1.82, 2.24) is 40.5 Å². The molecule has 238 valence electrons. The van der Waals surface area contributed by atoms with Crippen molar-refractivity contribution in [2.45, 2.75) is 89.8 Å². The fraction of sp³-hybridized carbons (Fsp3) is 0.724. The quantitative estimate of drug-likeness (QED) is 0.167. The lowest BCUT2D eigenvalue weighted by molar-refractivity contribution is -0.137. The van der Waals surface area contributed by atoms with Crippen molar-refractivity contribution in [3.8, 4) is 0 Å². The molecule has 0 unspecified atom stereocenters. The van der Waals surface area contributed by atoms with Gasteiger partial charge in [-0.05, 0) is 58.2 Å². The normalized spacial score (nSPS) is 16.3. The summed E-state index contributed by atoms with van der Waals surface area (Å²) in [6.45, 7) is 6.81. The Morgan fingerprint density at radius 1 is 0.953 bits per heavy atom. The predicted octanol–water partition coefficient (Wildman–Crippen LogP) is 1.85. The molecule has 14 nitrogen and oxygen atoms in total. The maximum Gasteiger partial charge on any atom is 0.303 e. The first-order chi connectivity index (χ1) is 21.0. The second-order valence-electron chi connectivity index (χ2n) is 11.5. The Morgan fingerprint density at radius 3 is 2.63 bits per heavy atom. The maximum atomic E-state index is 12.5. The number of nitrogens with one attached hydrogen (secondary N) is 3. The lowest BCUT2D eigenvalue weighted by Gasteiger charge is -2.23. The molecule has 0 atom stereocenters. The van der Waals surface area contributed by atoms with E-state index in [0.29, 0.717) is 50.2 Å². The monoisotopic (exact) mass is 599 g/mol. The van der Waals surface area contributed by atoms with Crippen LogP contribution in [0.4, 0.5) is 17.6 Å². The Kier molecular flexibility index (Phi) is 13.2. The summed E-state index contributed by atoms with van der Waals surface area (Å²) in [5.41, 5.74) is 6.89. The molecule has 2 fully saturated rings. The summed E-state index contributed by atoms with van der Waals surface area (Å²) in [7, 11) is 0. The van der Waals surface area contributed by atoms with Crippen molar-refractivity contribution in [2.75, 3.05) is 61.8 Å². The van der Waals surface area contributed by atoms with Gasteiger partial charge in [0.05, 0.1) is 12.7 Å². The number of rotatable bonds is 17. The van der Waals surface area contributed by atoms with Gasteiger partial charge in [-0.25, -0.2) is 0 Å². The standard InChI is InChI=1S/C29H49N11O3/c30-25-20-26(38-15-7-16-39(19-18-38)27(41)10-4-11-28(42)43)35-29(34-25)33-21-24-22-40(37-36-24)17-6-13-31-12-5-14-32-23-8-2-1-3-9-23/h20,22-23,31-32H,1-19,21H2,(H,42,43)(H3,30,33,34,35). The highest BCUT2D eigenvalue weighted by Gasteiger charge is 2.21. The molecule has 14 heteroatoms. The Bertz CT molecular complexity index is 1140. The molecule has 1 aliphatic heterocycles. The van der Waals surface area contributed by atoms with Crippen molar-refractivity contribution in [3.05, 3.63) is 18.0 Å². The third kappa shape index (κ3) is 11.6. The Labute approximate surface area is 254 Å². The van der Waals surface area contributed by atoms with Gasteiger partial charge in [0.15, 0.2) is 0 Å². The number of hydrogen-bond donors (Lipinski definition) is 5. The van der Waals surface area contributed by atoms with E-state index < -0.39 is 5.97 Å². The van der Waals surface area contributed by atoms with Crippen LogP contribution in [0.1, 0.15) is 76.3 Å². The highest BCUT2D eigenvalue weighted by atomic mass is 16.4. The third-order valence-electron chi connectivity index (χ3n) is 8.01. The van der Waals surface area contributed by atoms with Gasteiger partial charge in [0.2, 0.25) is 11.9 Å². The summed E-state index contributed by atoms with van der Waals surface area (Å²) in [4.78, 5) is 36.2. The van der Waals surface area contributed by atoms with Crippen LogP contribution < -0.4 is 26.6 Å². The molecular formula is C29H49N11O3. The Morgan fingerprint density at radius 2 is 1.79 bits per heavy atom. The lowest BCUT2D eigenvalue weighted by atomic mass is 9.95. The molecule has 1 saturated heterocycles. The fourth-order valence-electron chi connectivity index (χ4n) is 5.65. The minimum atomic E-state index is -0.878. The largest absolute Gasteiger partial charge is 0.481 e. The number of aromatic nitrogens is 5. The number of anilines is 3. The van der Waals surface area contributed by atoms with Crippen LogP contribution in [0, 0.1) is 0 Å². The fourth-order valence-corrected chi connectivity index (χ4v) is 5.65. The van der Waals surface area contributed by atoms with Gasteiger partial charge >= 0.3 is 5.97 Å². The number of carbonyl (C=O) groups excluding carboxylic acids is 1. The molecular weight excluding hydrogens is 550 g/mol. The summed E-state index contributed by atoms with van der Waals surface area (Å²) in [6.07, 6.45) is 12.3. The average Bonchev–Trinajstić information content (AvgIpc) is 3.30. The average molecular weight is 600 g/mol. The van der Waals surface area contributed by atoms with Gasteiger partial charge in [0.1, 0.15) is 17.3 Å². The molecule has 43 heavy (non-hydrogen) atoms. The number of aryl methyl sites for hydroxylation is 1. The van der Waals surface area contributed by atoms with Gasteiger partial charge in [0, 0.05) is 57.7 Å². The first-order valence-corrected chi connectivity index (χ1v) is 15.9. The number of amides is 1. The molecule has 2 aromatic rings. The number of nitrogens with two attached hydrogens (primary N) is 1. The van der Waals surface area contributed by atoms with E-state index in [1.54, 1.807) is 11.0 Å². The van der Waals surface area contributed by atoms with Crippen LogP contribution in [-0.2, 0) is 22.7 Å². The van der Waals surface area contributed by atoms with Gasteiger partial charge < -0.3 is 36.6 Å². The van der Waals surface area contributed by atoms with Crippen LogP contribution in [0.15, 0.2) is 12.3 Å². The van der Waals surface area contributed by atoms with Crippen LogP contribution in [0.2, 0.25) is 0 Å². The summed E-state index contributed by atoms with van der Waals surface area (Å²) >= 11 is 0. The van der Waals surface area contributed by atoms with E-state index in [1.165, 1.54) is 32.1 Å². The number of carboxylic acids is 1. The van der Waals surface area contributed by atoms with E-state index in [2.05, 4.69) is 41.1 Å². The molecule has 2 aliphatic rings. The predicted molar refractivity (Wildman–Crippen MR) is 166 cm³/mol. The molecule has 6 N–H and O–H groups in total. The second-order valence-corrected chi connectivity index (χ2v) is 11.5. The topological polar surface area (TPSA) is 179 Å². The molecule has 1 aliphatic carbocycles. The van der Waals surface area contributed by atoms with E-state index >= 15 is 0 Å². The number of hydrogen-bond acceptors (Lipinski definition) is 11. The lowest BCUT2D eigenvalue weighted by Crippen LogP contribution is -2.35. The van der Waals surface area contributed by atoms with Crippen molar-refractivity contribution < 1.29 is 14.7 Å². The number of nitrogens with zero attached hydrogens (tertiary/aromatic N) is 7. The SMILES string of the molecule is Nc1cc(N2CCCN(C(=O)CCCC(=O)O)CC2)nc(NCc2cn(CCCNCCCNC3CCCCC3)nn2)n1. The Hall–Kier alpha value is -3.52. The maximum absolute atomic E-state index is 12.5. The van der Waals surface area contributed by atoms with Crippen LogP contribution in [0.5, 0.6) is 0 Å².